The Balaban J connectivity index is 1.97. The van der Waals surface area contributed by atoms with Gasteiger partial charge in [0.25, 0.3) is 0 Å². The van der Waals surface area contributed by atoms with Crippen molar-refractivity contribution in [1.82, 2.24) is 5.01 Å². The summed E-state index contributed by atoms with van der Waals surface area (Å²) in [4.78, 5) is 0. The predicted octanol–water partition coefficient (Wildman–Crippen LogP) is 4.79. The molecule has 0 bridgehead atoms. The van der Waals surface area contributed by atoms with Gasteiger partial charge in [0.2, 0.25) is 0 Å². The van der Waals surface area contributed by atoms with Gasteiger partial charge in [0.1, 0.15) is 0 Å². The Morgan fingerprint density at radius 3 is 2.50 bits per heavy atom. The van der Waals surface area contributed by atoms with Gasteiger partial charge < -0.3 is 0 Å². The third kappa shape index (κ3) is 2.93. The highest BCUT2D eigenvalue weighted by molar-refractivity contribution is 5.70. The first kappa shape index (κ1) is 14.9. The predicted molar refractivity (Wildman–Crippen MR) is 93.4 cm³/mol. The van der Waals surface area contributed by atoms with Crippen molar-refractivity contribution in [3.05, 3.63) is 77.7 Å². The molecule has 114 valence electrons. The first-order chi connectivity index (χ1) is 10.6. The molecule has 1 heterocycles. The van der Waals surface area contributed by atoms with Gasteiger partial charge in [-0.2, -0.15) is 0 Å². The van der Waals surface area contributed by atoms with Crippen LogP contribution in [-0.4, -0.2) is 5.01 Å². The zero-order chi connectivity index (χ0) is 15.6. The fourth-order valence-electron chi connectivity index (χ4n) is 3.27. The van der Waals surface area contributed by atoms with Crippen molar-refractivity contribution in [2.24, 2.45) is 11.3 Å². The molecule has 1 aromatic rings. The molecule has 0 unspecified atom stereocenters. The van der Waals surface area contributed by atoms with Crippen LogP contribution in [0.1, 0.15) is 38.7 Å². The summed E-state index contributed by atoms with van der Waals surface area (Å²) < 4.78 is 0. The first-order valence-corrected chi connectivity index (χ1v) is 7.92. The normalized spacial score (nSPS) is 19.8. The molecule has 0 saturated carbocycles. The number of allylic oxidation sites excluding steroid dienone is 6. The maximum Gasteiger partial charge on any atom is 0.0418 e. The van der Waals surface area contributed by atoms with E-state index in [0.717, 1.165) is 19.3 Å². The number of hydrogen-bond donors (Lipinski definition) is 1. The molecule has 1 aromatic carbocycles. The molecule has 2 nitrogen and oxygen atoms in total. The highest BCUT2D eigenvalue weighted by Crippen LogP contribution is 2.42. The summed E-state index contributed by atoms with van der Waals surface area (Å²) in [7, 11) is 0. The maximum atomic E-state index is 6.15. The molecule has 0 atom stereocenters. The van der Waals surface area contributed by atoms with Crippen molar-refractivity contribution in [3.8, 4) is 0 Å². The second kappa shape index (κ2) is 5.98. The van der Waals surface area contributed by atoms with Gasteiger partial charge in [0.05, 0.1) is 0 Å². The van der Waals surface area contributed by atoms with Crippen molar-refractivity contribution in [1.29, 1.82) is 0 Å². The van der Waals surface area contributed by atoms with Crippen molar-refractivity contribution in [3.63, 3.8) is 0 Å². The smallest absolute Gasteiger partial charge is 0.0418 e. The minimum Gasteiger partial charge on any atom is -0.291 e. The highest BCUT2D eigenvalue weighted by Gasteiger charge is 2.28. The average molecular weight is 292 g/mol. The number of hydrogen-bond acceptors (Lipinski definition) is 2. The Bertz CT molecular complexity index is 660. The van der Waals surface area contributed by atoms with Crippen LogP contribution in [-0.2, 0) is 0 Å². The highest BCUT2D eigenvalue weighted by atomic mass is 15.4. The summed E-state index contributed by atoms with van der Waals surface area (Å²) in [5.74, 6) is 6.15. The summed E-state index contributed by atoms with van der Waals surface area (Å²) in [6, 6.07) is 10.6. The Labute approximate surface area is 133 Å². The van der Waals surface area contributed by atoms with E-state index >= 15 is 0 Å². The quantitative estimate of drug-likeness (QED) is 0.808. The van der Waals surface area contributed by atoms with E-state index in [1.165, 1.54) is 22.4 Å². The molecule has 22 heavy (non-hydrogen) atoms. The summed E-state index contributed by atoms with van der Waals surface area (Å²) in [6.45, 7) is 4.66. The molecule has 0 fully saturated rings. The van der Waals surface area contributed by atoms with Crippen LogP contribution in [0.25, 0.3) is 5.57 Å². The second-order valence-electron chi connectivity index (χ2n) is 6.67. The van der Waals surface area contributed by atoms with Gasteiger partial charge in [0.15, 0.2) is 0 Å². The van der Waals surface area contributed by atoms with Crippen molar-refractivity contribution >= 4 is 5.57 Å². The molecule has 2 heteroatoms. The van der Waals surface area contributed by atoms with Crippen LogP contribution in [0.5, 0.6) is 0 Å². The Morgan fingerprint density at radius 2 is 1.91 bits per heavy atom. The fraction of sp³-hybridized carbons (Fsp3) is 0.300. The molecule has 1 aliphatic carbocycles. The van der Waals surface area contributed by atoms with E-state index in [1.54, 1.807) is 5.01 Å². The van der Waals surface area contributed by atoms with Crippen LogP contribution >= 0.6 is 0 Å². The molecule has 3 rings (SSSR count). The Morgan fingerprint density at radius 1 is 1.14 bits per heavy atom. The van der Waals surface area contributed by atoms with E-state index in [0.29, 0.717) is 0 Å². The number of nitrogens with zero attached hydrogens (tertiary/aromatic N) is 1. The zero-order valence-electron chi connectivity index (χ0n) is 13.4. The molecule has 0 aromatic heterocycles. The summed E-state index contributed by atoms with van der Waals surface area (Å²) in [5, 5.41) is 1.78. The van der Waals surface area contributed by atoms with Gasteiger partial charge in [-0.1, -0.05) is 74.1 Å². The van der Waals surface area contributed by atoms with Crippen LogP contribution in [0.3, 0.4) is 0 Å². The molecular formula is C20H24N2. The van der Waals surface area contributed by atoms with Crippen LogP contribution < -0.4 is 5.84 Å². The molecular weight excluding hydrogens is 268 g/mol. The second-order valence-corrected chi connectivity index (χ2v) is 6.67. The molecule has 0 spiro atoms. The number of rotatable bonds is 4. The first-order valence-electron chi connectivity index (χ1n) is 7.92. The van der Waals surface area contributed by atoms with E-state index < -0.39 is 0 Å². The SMILES string of the molecule is CC(C)(CC(=C1CC=CN1N)c1ccccc1)C1=CC=CC1. The summed E-state index contributed by atoms with van der Waals surface area (Å²) in [5.41, 5.74) is 5.47. The van der Waals surface area contributed by atoms with Gasteiger partial charge >= 0.3 is 0 Å². The van der Waals surface area contributed by atoms with E-state index in [4.69, 9.17) is 5.84 Å². The minimum atomic E-state index is 0.130. The van der Waals surface area contributed by atoms with Crippen LogP contribution in [0.15, 0.2) is 72.1 Å². The largest absolute Gasteiger partial charge is 0.291 e. The third-order valence-corrected chi connectivity index (χ3v) is 4.62. The van der Waals surface area contributed by atoms with E-state index in [-0.39, 0.29) is 5.41 Å². The maximum absolute atomic E-state index is 6.15. The Kier molecular flexibility index (Phi) is 4.04. The van der Waals surface area contributed by atoms with Crippen molar-refractivity contribution < 1.29 is 0 Å². The van der Waals surface area contributed by atoms with Gasteiger partial charge in [-0.25, -0.2) is 5.84 Å². The molecule has 0 saturated heterocycles. The zero-order valence-corrected chi connectivity index (χ0v) is 13.4. The van der Waals surface area contributed by atoms with Crippen LogP contribution in [0.4, 0.5) is 0 Å². The van der Waals surface area contributed by atoms with E-state index in [1.807, 2.05) is 6.20 Å². The molecule has 0 radical (unpaired) electrons. The summed E-state index contributed by atoms with van der Waals surface area (Å²) >= 11 is 0. The summed E-state index contributed by atoms with van der Waals surface area (Å²) in [6.07, 6.45) is 13.7. The van der Waals surface area contributed by atoms with Crippen molar-refractivity contribution in [2.45, 2.75) is 33.1 Å². The lowest BCUT2D eigenvalue weighted by atomic mass is 9.76. The average Bonchev–Trinajstić information content (AvgIpc) is 3.17. The van der Waals surface area contributed by atoms with Gasteiger partial charge in [-0.15, -0.1) is 0 Å². The van der Waals surface area contributed by atoms with E-state index in [9.17, 15) is 0 Å². The standard InChI is InChI=1S/C20H24N2/c1-20(2,17-11-6-7-12-17)15-18(16-9-4-3-5-10-16)19-13-8-14-22(19)21/h3-11,14H,12-13,15,21H2,1-2H3. The van der Waals surface area contributed by atoms with Gasteiger partial charge in [-0.3, -0.25) is 5.01 Å². The lowest BCUT2D eigenvalue weighted by Gasteiger charge is -2.30. The lowest BCUT2D eigenvalue weighted by Crippen LogP contribution is -2.23. The number of benzene rings is 1. The molecule has 2 N–H and O–H groups in total. The van der Waals surface area contributed by atoms with Crippen molar-refractivity contribution in [2.75, 3.05) is 0 Å². The molecule has 2 aliphatic rings. The van der Waals surface area contributed by atoms with Crippen LogP contribution in [0, 0.1) is 5.41 Å². The number of hydrazine groups is 1. The molecule has 1 aliphatic heterocycles. The fourth-order valence-corrected chi connectivity index (χ4v) is 3.27. The van der Waals surface area contributed by atoms with Gasteiger partial charge in [-0.05, 0) is 29.4 Å². The Hall–Kier alpha value is -2.06. The third-order valence-electron chi connectivity index (χ3n) is 4.62. The van der Waals surface area contributed by atoms with Crippen LogP contribution in [0.2, 0.25) is 0 Å². The monoisotopic (exact) mass is 292 g/mol. The lowest BCUT2D eigenvalue weighted by molar-refractivity contribution is 0.444. The number of nitrogens with two attached hydrogens (primary N) is 1. The molecule has 0 amide bonds. The van der Waals surface area contributed by atoms with E-state index in [2.05, 4.69) is 68.5 Å². The topological polar surface area (TPSA) is 29.3 Å². The minimum absolute atomic E-state index is 0.130. The van der Waals surface area contributed by atoms with Gasteiger partial charge in [0, 0.05) is 18.3 Å².